The average Bonchev–Trinajstić information content (AvgIpc) is 3.27. The summed E-state index contributed by atoms with van der Waals surface area (Å²) in [4.78, 5) is 23.5. The Bertz CT molecular complexity index is 3140. The van der Waals surface area contributed by atoms with Gasteiger partial charge in [-0.1, -0.05) is 85.4 Å². The lowest BCUT2D eigenvalue weighted by atomic mass is 9.94. The third-order valence-corrected chi connectivity index (χ3v) is 10.7. The maximum Gasteiger partial charge on any atom is 0.136 e. The topological polar surface area (TPSA) is 76.0 Å². The Hall–Kier alpha value is -7.45. The van der Waals surface area contributed by atoms with E-state index >= 15 is 8.78 Å². The zero-order valence-corrected chi connectivity index (χ0v) is 31.8. The fourth-order valence-corrected chi connectivity index (χ4v) is 7.46. The quantitative estimate of drug-likeness (QED) is 0.0949. The highest BCUT2D eigenvalue weighted by Gasteiger charge is 2.17. The fourth-order valence-electron chi connectivity index (χ4n) is 7.46. The first-order valence-electron chi connectivity index (χ1n) is 18.9. The molecule has 1 N–H and O–H groups in total. The van der Waals surface area contributed by atoms with Crippen molar-refractivity contribution in [2.75, 3.05) is 6.54 Å². The number of rotatable bonds is 8. The van der Waals surface area contributed by atoms with Crippen LogP contribution in [0.4, 0.5) is 8.78 Å². The Labute approximate surface area is 334 Å². The second-order valence-electron chi connectivity index (χ2n) is 14.2. The van der Waals surface area contributed by atoms with Gasteiger partial charge in [-0.25, -0.2) is 8.78 Å². The van der Waals surface area contributed by atoms with Crippen LogP contribution in [0.3, 0.4) is 0 Å². The zero-order valence-electron chi connectivity index (χ0n) is 31.8. The van der Waals surface area contributed by atoms with Gasteiger partial charge in [0.2, 0.25) is 0 Å². The molecule has 0 bridgehead atoms. The summed E-state index contributed by atoms with van der Waals surface area (Å²) in [7, 11) is 0. The van der Waals surface area contributed by atoms with Crippen LogP contribution >= 0.6 is 0 Å². The van der Waals surface area contributed by atoms with Gasteiger partial charge in [0.05, 0.1) is 34.2 Å². The molecular weight excluding hydrogens is 723 g/mol. The number of aliphatic imine (C=N–C) groups is 1. The van der Waals surface area contributed by atoms with Crippen molar-refractivity contribution in [2.45, 2.75) is 13.8 Å². The molecule has 9 rings (SSSR count). The van der Waals surface area contributed by atoms with Crippen LogP contribution in [-0.4, -0.2) is 32.3 Å². The van der Waals surface area contributed by atoms with E-state index in [-0.39, 0.29) is 17.9 Å². The highest BCUT2D eigenvalue weighted by molar-refractivity contribution is 6.10. The number of fused-ring (bicyclic) bond motifs is 6. The van der Waals surface area contributed by atoms with Crippen molar-refractivity contribution in [1.29, 1.82) is 0 Å². The molecular formula is C50H36F2N6. The number of hydrogen-bond acceptors (Lipinski definition) is 5. The molecule has 280 valence electrons. The van der Waals surface area contributed by atoms with Crippen LogP contribution in [0.5, 0.6) is 0 Å². The maximum atomic E-state index is 16.1. The number of benzene rings is 5. The van der Waals surface area contributed by atoms with Gasteiger partial charge in [0, 0.05) is 57.6 Å². The molecule has 0 aliphatic carbocycles. The van der Waals surface area contributed by atoms with Crippen LogP contribution in [-0.2, 0) is 0 Å². The molecule has 4 heterocycles. The molecule has 4 aromatic heterocycles. The fraction of sp³-hybridized carbons (Fsp3) is 0.0600. The highest BCUT2D eigenvalue weighted by Crippen LogP contribution is 2.35. The Balaban J connectivity index is 1.11. The molecule has 0 fully saturated rings. The SMILES string of the molecule is C=C(NC(=NC/C(C)=C(/C)c1cc(-c2ccnc3c2ccc2cccnc23)ccc1F)c1cc(-c2ccnc3c2ccc2cccnc23)ccc1F)c1ccccc1. The number of pyridine rings is 4. The molecule has 0 saturated heterocycles. The number of allylic oxidation sites excluding steroid dienone is 1. The van der Waals surface area contributed by atoms with Crippen LogP contribution in [0, 0.1) is 11.6 Å². The third-order valence-electron chi connectivity index (χ3n) is 10.7. The second-order valence-corrected chi connectivity index (χ2v) is 14.2. The van der Waals surface area contributed by atoms with Gasteiger partial charge in [-0.3, -0.25) is 24.9 Å². The van der Waals surface area contributed by atoms with Crippen molar-refractivity contribution in [1.82, 2.24) is 25.3 Å². The van der Waals surface area contributed by atoms with Gasteiger partial charge in [0.25, 0.3) is 0 Å². The number of nitrogens with one attached hydrogen (secondary N) is 1. The number of amidine groups is 1. The molecule has 5 aromatic carbocycles. The van der Waals surface area contributed by atoms with Gasteiger partial charge in [-0.15, -0.1) is 0 Å². The monoisotopic (exact) mass is 758 g/mol. The molecule has 9 aromatic rings. The van der Waals surface area contributed by atoms with Gasteiger partial charge in [-0.05, 0) is 101 Å². The number of nitrogens with zero attached hydrogens (tertiary/aromatic N) is 5. The second kappa shape index (κ2) is 15.2. The van der Waals surface area contributed by atoms with E-state index in [0.29, 0.717) is 17.1 Å². The van der Waals surface area contributed by atoms with E-state index in [1.54, 1.807) is 43.0 Å². The molecule has 6 nitrogen and oxygen atoms in total. The summed E-state index contributed by atoms with van der Waals surface area (Å²) in [5.41, 5.74) is 10.3. The molecule has 0 radical (unpaired) electrons. The van der Waals surface area contributed by atoms with Gasteiger partial charge < -0.3 is 5.32 Å². The normalized spacial score (nSPS) is 12.3. The first-order valence-corrected chi connectivity index (χ1v) is 18.9. The van der Waals surface area contributed by atoms with Gasteiger partial charge >= 0.3 is 0 Å². The Morgan fingerprint density at radius 3 is 1.69 bits per heavy atom. The predicted molar refractivity (Wildman–Crippen MR) is 233 cm³/mol. The number of halogens is 2. The van der Waals surface area contributed by atoms with E-state index in [9.17, 15) is 0 Å². The number of hydrogen-bond donors (Lipinski definition) is 1. The minimum absolute atomic E-state index is 0.162. The highest BCUT2D eigenvalue weighted by atomic mass is 19.1. The molecule has 0 unspecified atom stereocenters. The lowest BCUT2D eigenvalue weighted by molar-refractivity contribution is 0.624. The summed E-state index contributed by atoms with van der Waals surface area (Å²) >= 11 is 0. The molecule has 58 heavy (non-hydrogen) atoms. The van der Waals surface area contributed by atoms with E-state index in [2.05, 4.69) is 31.8 Å². The zero-order chi connectivity index (χ0) is 39.8. The van der Waals surface area contributed by atoms with Crippen LogP contribution in [0.15, 0.2) is 169 Å². The van der Waals surface area contributed by atoms with Crippen molar-refractivity contribution in [3.05, 3.63) is 193 Å². The first kappa shape index (κ1) is 36.2. The molecule has 0 spiro atoms. The van der Waals surface area contributed by atoms with Crippen LogP contribution in [0.25, 0.3) is 77.1 Å². The molecule has 0 aliphatic rings. The van der Waals surface area contributed by atoms with Crippen molar-refractivity contribution in [3.63, 3.8) is 0 Å². The third kappa shape index (κ3) is 6.75. The van der Waals surface area contributed by atoms with Crippen molar-refractivity contribution in [2.24, 2.45) is 4.99 Å². The summed E-state index contributed by atoms with van der Waals surface area (Å²) in [5, 5.41) is 7.13. The Morgan fingerprint density at radius 1 is 0.569 bits per heavy atom. The lowest BCUT2D eigenvalue weighted by Crippen LogP contribution is -2.24. The number of aromatic nitrogens is 4. The van der Waals surface area contributed by atoms with Gasteiger partial charge in [0.1, 0.15) is 17.5 Å². The predicted octanol–water partition coefficient (Wildman–Crippen LogP) is 12.0. The summed E-state index contributed by atoms with van der Waals surface area (Å²) in [6, 6.07) is 39.6. The van der Waals surface area contributed by atoms with Crippen LogP contribution < -0.4 is 5.32 Å². The van der Waals surface area contributed by atoms with E-state index in [1.807, 2.05) is 111 Å². The lowest BCUT2D eigenvalue weighted by Gasteiger charge is -2.16. The molecule has 0 amide bonds. The van der Waals surface area contributed by atoms with E-state index in [1.165, 1.54) is 12.1 Å². The summed E-state index contributed by atoms with van der Waals surface area (Å²) in [6.07, 6.45) is 7.03. The molecule has 0 atom stereocenters. The minimum atomic E-state index is -0.453. The first-order chi connectivity index (χ1) is 28.3. The Kier molecular flexibility index (Phi) is 9.51. The molecule has 0 aliphatic heterocycles. The smallest absolute Gasteiger partial charge is 0.136 e. The largest absolute Gasteiger partial charge is 0.340 e. The standard InChI is InChI=1S/C50H36F2N6/c1-30(31(2)42-27-36(15-19-44(42)51)38-21-25-55-48-40(38)17-13-34-11-7-23-53-46(34)48)29-57-50(58-32(3)33-9-5-4-6-10-33)43-28-37(16-20-45(43)52)39-22-26-56-49-41(39)18-14-35-12-8-24-54-47(35)49/h4-28H,3,29H2,1-2H3,(H,57,58)/b31-30-. The van der Waals surface area contributed by atoms with E-state index in [0.717, 1.165) is 82.6 Å². The molecule has 8 heteroatoms. The summed E-state index contributed by atoms with van der Waals surface area (Å²) in [5.74, 6) is -0.507. The average molecular weight is 759 g/mol. The van der Waals surface area contributed by atoms with E-state index in [4.69, 9.17) is 4.99 Å². The summed E-state index contributed by atoms with van der Waals surface area (Å²) in [6.45, 7) is 8.24. The maximum absolute atomic E-state index is 16.1. The van der Waals surface area contributed by atoms with Gasteiger partial charge in [-0.2, -0.15) is 0 Å². The van der Waals surface area contributed by atoms with Gasteiger partial charge in [0.15, 0.2) is 0 Å². The van der Waals surface area contributed by atoms with Crippen molar-refractivity contribution < 1.29 is 8.78 Å². The Morgan fingerprint density at radius 2 is 1.10 bits per heavy atom. The van der Waals surface area contributed by atoms with Crippen molar-refractivity contribution >= 4 is 60.7 Å². The minimum Gasteiger partial charge on any atom is -0.340 e. The van der Waals surface area contributed by atoms with Crippen LogP contribution in [0.1, 0.15) is 30.5 Å². The van der Waals surface area contributed by atoms with Crippen LogP contribution in [0.2, 0.25) is 0 Å². The molecule has 0 saturated carbocycles. The van der Waals surface area contributed by atoms with Crippen molar-refractivity contribution in [3.8, 4) is 22.3 Å². The van der Waals surface area contributed by atoms with E-state index < -0.39 is 5.82 Å². The summed E-state index contributed by atoms with van der Waals surface area (Å²) < 4.78 is 31.8.